The molecule has 1 aromatic rings. The Kier molecular flexibility index (Phi) is 13.7. The summed E-state index contributed by atoms with van der Waals surface area (Å²) in [6.07, 6.45) is 2.03. The molecule has 2 N–H and O–H groups in total. The van der Waals surface area contributed by atoms with Crippen molar-refractivity contribution in [1.82, 2.24) is 15.5 Å². The zero-order chi connectivity index (χ0) is 20.6. The Bertz CT molecular complexity index is 553. The van der Waals surface area contributed by atoms with Gasteiger partial charge in [0.05, 0.1) is 19.3 Å². The van der Waals surface area contributed by atoms with E-state index in [4.69, 9.17) is 21.1 Å². The molecule has 0 radical (unpaired) electrons. The topological polar surface area (TPSA) is 58.1 Å². The van der Waals surface area contributed by atoms with Gasteiger partial charge >= 0.3 is 0 Å². The fourth-order valence-electron chi connectivity index (χ4n) is 3.04. The molecule has 160 valence electrons. The highest BCUT2D eigenvalue weighted by Gasteiger charge is 2.20. The lowest BCUT2D eigenvalue weighted by molar-refractivity contribution is 0.0689. The van der Waals surface area contributed by atoms with Crippen molar-refractivity contribution in [3.63, 3.8) is 0 Å². The van der Waals surface area contributed by atoms with Crippen molar-refractivity contribution >= 4 is 17.6 Å². The molecule has 0 spiro atoms. The van der Waals surface area contributed by atoms with Crippen molar-refractivity contribution < 1.29 is 9.47 Å². The van der Waals surface area contributed by atoms with E-state index in [1.165, 1.54) is 0 Å². The smallest absolute Gasteiger partial charge is 0.191 e. The predicted molar refractivity (Wildman–Crippen MR) is 118 cm³/mol. The number of benzene rings is 1. The van der Waals surface area contributed by atoms with Crippen molar-refractivity contribution in [2.45, 2.75) is 32.7 Å². The van der Waals surface area contributed by atoms with Gasteiger partial charge in [-0.1, -0.05) is 43.6 Å². The molecule has 0 aliphatic rings. The van der Waals surface area contributed by atoms with Gasteiger partial charge in [0, 0.05) is 38.9 Å². The first-order valence-electron chi connectivity index (χ1n) is 10.2. The predicted octanol–water partition coefficient (Wildman–Crippen LogP) is 3.33. The lowest BCUT2D eigenvalue weighted by Crippen LogP contribution is -2.43. The van der Waals surface area contributed by atoms with E-state index in [1.807, 2.05) is 18.2 Å². The first kappa shape index (κ1) is 24.7. The molecule has 0 saturated heterocycles. The standard InChI is InChI=1S/C21H37ClN4O2/c1-5-26(6-2)20(18-11-7-8-12-19(18)22)17-25-21(23-3)24-13-9-10-14-28-16-15-27-4/h7-8,11-12,20H,5-6,9-10,13-17H2,1-4H3,(H2,23,24,25). The van der Waals surface area contributed by atoms with Crippen LogP contribution in [0.15, 0.2) is 29.3 Å². The van der Waals surface area contributed by atoms with Gasteiger partial charge in [0.15, 0.2) is 5.96 Å². The summed E-state index contributed by atoms with van der Waals surface area (Å²) in [7, 11) is 3.48. The van der Waals surface area contributed by atoms with Gasteiger partial charge in [0.1, 0.15) is 0 Å². The third kappa shape index (κ3) is 9.24. The number of hydrogen-bond acceptors (Lipinski definition) is 4. The highest BCUT2D eigenvalue weighted by molar-refractivity contribution is 6.31. The van der Waals surface area contributed by atoms with Crippen LogP contribution in [0.2, 0.25) is 5.02 Å². The molecule has 0 fully saturated rings. The van der Waals surface area contributed by atoms with E-state index >= 15 is 0 Å². The summed E-state index contributed by atoms with van der Waals surface area (Å²) in [5, 5.41) is 7.63. The number of ether oxygens (including phenoxy) is 2. The summed E-state index contributed by atoms with van der Waals surface area (Å²) < 4.78 is 10.4. The highest BCUT2D eigenvalue weighted by Crippen LogP contribution is 2.26. The number of aliphatic imine (C=N–C) groups is 1. The second-order valence-corrected chi connectivity index (χ2v) is 6.86. The van der Waals surface area contributed by atoms with Crippen LogP contribution in [0.25, 0.3) is 0 Å². The minimum absolute atomic E-state index is 0.191. The van der Waals surface area contributed by atoms with Crippen LogP contribution < -0.4 is 10.6 Å². The molecule has 1 atom stereocenters. The molecule has 1 aromatic carbocycles. The van der Waals surface area contributed by atoms with Crippen molar-refractivity contribution in [2.24, 2.45) is 4.99 Å². The Morgan fingerprint density at radius 3 is 2.50 bits per heavy atom. The lowest BCUT2D eigenvalue weighted by Gasteiger charge is -2.31. The number of nitrogens with one attached hydrogen (secondary N) is 2. The fourth-order valence-corrected chi connectivity index (χ4v) is 3.30. The molecule has 1 rings (SSSR count). The van der Waals surface area contributed by atoms with Crippen molar-refractivity contribution in [2.75, 3.05) is 60.2 Å². The molecule has 0 heterocycles. The Balaban J connectivity index is 2.48. The van der Waals surface area contributed by atoms with Crippen LogP contribution in [0.5, 0.6) is 0 Å². The van der Waals surface area contributed by atoms with Crippen LogP contribution in [-0.2, 0) is 9.47 Å². The van der Waals surface area contributed by atoms with Crippen LogP contribution in [0.1, 0.15) is 38.3 Å². The quantitative estimate of drug-likeness (QED) is 0.279. The maximum absolute atomic E-state index is 6.47. The van der Waals surface area contributed by atoms with Gasteiger partial charge in [-0.2, -0.15) is 0 Å². The summed E-state index contributed by atoms with van der Waals surface area (Å²) in [5.74, 6) is 0.810. The first-order chi connectivity index (χ1) is 13.7. The van der Waals surface area contributed by atoms with Crippen LogP contribution in [-0.4, -0.2) is 71.0 Å². The molecule has 0 amide bonds. The molecular weight excluding hydrogens is 376 g/mol. The number of nitrogens with zero attached hydrogens (tertiary/aromatic N) is 2. The minimum Gasteiger partial charge on any atom is -0.382 e. The second-order valence-electron chi connectivity index (χ2n) is 6.45. The summed E-state index contributed by atoms with van der Waals surface area (Å²) in [5.41, 5.74) is 1.14. The highest BCUT2D eigenvalue weighted by atomic mass is 35.5. The lowest BCUT2D eigenvalue weighted by atomic mass is 10.0. The van der Waals surface area contributed by atoms with Gasteiger partial charge < -0.3 is 20.1 Å². The molecular formula is C21H37ClN4O2. The van der Waals surface area contributed by atoms with Crippen LogP contribution in [0.4, 0.5) is 0 Å². The summed E-state index contributed by atoms with van der Waals surface area (Å²) in [6, 6.07) is 8.26. The molecule has 0 bridgehead atoms. The van der Waals surface area contributed by atoms with Crippen LogP contribution in [0, 0.1) is 0 Å². The van der Waals surface area contributed by atoms with Gasteiger partial charge in [-0.05, 0) is 37.6 Å². The zero-order valence-electron chi connectivity index (χ0n) is 17.8. The van der Waals surface area contributed by atoms with Crippen molar-refractivity contribution in [3.05, 3.63) is 34.9 Å². The van der Waals surface area contributed by atoms with Gasteiger partial charge in [0.25, 0.3) is 0 Å². The first-order valence-corrected chi connectivity index (χ1v) is 10.5. The third-order valence-electron chi connectivity index (χ3n) is 4.64. The van der Waals surface area contributed by atoms with Gasteiger partial charge in [-0.25, -0.2) is 0 Å². The summed E-state index contributed by atoms with van der Waals surface area (Å²) >= 11 is 6.47. The SMILES string of the molecule is CCN(CC)C(CNC(=NC)NCCCCOCCOC)c1ccccc1Cl. The molecule has 0 aliphatic carbocycles. The largest absolute Gasteiger partial charge is 0.382 e. The number of likely N-dealkylation sites (N-methyl/N-ethyl adjacent to an activating group) is 1. The molecule has 1 unspecified atom stereocenters. The molecule has 7 heteroatoms. The van der Waals surface area contributed by atoms with E-state index in [-0.39, 0.29) is 6.04 Å². The molecule has 0 saturated carbocycles. The van der Waals surface area contributed by atoms with Crippen molar-refractivity contribution in [1.29, 1.82) is 0 Å². The Hall–Kier alpha value is -1.34. The van der Waals surface area contributed by atoms with E-state index in [2.05, 4.69) is 40.4 Å². The number of halogens is 1. The number of rotatable bonds is 14. The Morgan fingerprint density at radius 1 is 1.11 bits per heavy atom. The van der Waals surface area contributed by atoms with Gasteiger partial charge in [0.2, 0.25) is 0 Å². The molecule has 0 aromatic heterocycles. The average molecular weight is 413 g/mol. The van der Waals surface area contributed by atoms with E-state index in [0.29, 0.717) is 13.2 Å². The van der Waals surface area contributed by atoms with E-state index in [1.54, 1.807) is 14.2 Å². The zero-order valence-corrected chi connectivity index (χ0v) is 18.6. The van der Waals surface area contributed by atoms with Crippen LogP contribution in [0.3, 0.4) is 0 Å². The number of methoxy groups -OCH3 is 1. The Morgan fingerprint density at radius 2 is 1.86 bits per heavy atom. The Labute approximate surface area is 175 Å². The average Bonchev–Trinajstić information content (AvgIpc) is 2.72. The van der Waals surface area contributed by atoms with E-state index < -0.39 is 0 Å². The number of hydrogen-bond donors (Lipinski definition) is 2. The third-order valence-corrected chi connectivity index (χ3v) is 4.99. The maximum atomic E-state index is 6.47. The number of unbranched alkanes of at least 4 members (excludes halogenated alkanes) is 1. The summed E-state index contributed by atoms with van der Waals surface area (Å²) in [4.78, 5) is 6.74. The molecule has 0 aliphatic heterocycles. The van der Waals surface area contributed by atoms with Crippen molar-refractivity contribution in [3.8, 4) is 0 Å². The molecule has 28 heavy (non-hydrogen) atoms. The van der Waals surface area contributed by atoms with Crippen LogP contribution >= 0.6 is 11.6 Å². The van der Waals surface area contributed by atoms with Gasteiger partial charge in [-0.15, -0.1) is 0 Å². The monoisotopic (exact) mass is 412 g/mol. The number of guanidine groups is 1. The molecule has 6 nitrogen and oxygen atoms in total. The normalized spacial score (nSPS) is 13.0. The van der Waals surface area contributed by atoms with E-state index in [0.717, 1.165) is 62.2 Å². The second kappa shape index (κ2) is 15.6. The maximum Gasteiger partial charge on any atom is 0.191 e. The minimum atomic E-state index is 0.191. The fraction of sp³-hybridized carbons (Fsp3) is 0.667. The summed E-state index contributed by atoms with van der Waals surface area (Å²) in [6.45, 7) is 9.93. The van der Waals surface area contributed by atoms with E-state index in [9.17, 15) is 0 Å². The van der Waals surface area contributed by atoms with Gasteiger partial charge in [-0.3, -0.25) is 9.89 Å².